The maximum absolute atomic E-state index is 12.4. The Bertz CT molecular complexity index is 1020. The maximum atomic E-state index is 12.4. The summed E-state index contributed by atoms with van der Waals surface area (Å²) >= 11 is 1.40. The molecule has 7 heteroatoms. The van der Waals surface area contributed by atoms with E-state index in [0.29, 0.717) is 16.5 Å². The van der Waals surface area contributed by atoms with E-state index < -0.39 is 0 Å². The number of nitrogens with zero attached hydrogens (tertiary/aromatic N) is 4. The highest BCUT2D eigenvalue weighted by Gasteiger charge is 2.11. The number of benzene rings is 1. The van der Waals surface area contributed by atoms with Gasteiger partial charge in [-0.1, -0.05) is 29.8 Å². The zero-order valence-corrected chi connectivity index (χ0v) is 14.8. The highest BCUT2D eigenvalue weighted by molar-refractivity contribution is 7.14. The normalized spacial score (nSPS) is 10.7. The third kappa shape index (κ3) is 3.38. The second kappa shape index (κ2) is 6.89. The predicted molar refractivity (Wildman–Crippen MR) is 102 cm³/mol. The van der Waals surface area contributed by atoms with E-state index in [-0.39, 0.29) is 5.91 Å². The van der Waals surface area contributed by atoms with Crippen LogP contribution in [-0.2, 0) is 0 Å². The molecule has 1 N–H and O–H groups in total. The van der Waals surface area contributed by atoms with E-state index >= 15 is 0 Å². The van der Waals surface area contributed by atoms with Gasteiger partial charge in [0.2, 0.25) is 0 Å². The van der Waals surface area contributed by atoms with E-state index in [2.05, 4.69) is 20.3 Å². The van der Waals surface area contributed by atoms with Crippen LogP contribution in [0.4, 0.5) is 5.13 Å². The summed E-state index contributed by atoms with van der Waals surface area (Å²) in [6.45, 7) is 2.04. The number of nitrogens with one attached hydrogen (secondary N) is 1. The van der Waals surface area contributed by atoms with E-state index in [0.717, 1.165) is 11.3 Å². The number of aryl methyl sites for hydroxylation is 1. The number of rotatable bonds is 4. The molecule has 0 saturated heterocycles. The number of hydrogen-bond acceptors (Lipinski definition) is 5. The molecule has 3 aromatic heterocycles. The number of carbonyl (C=O) groups is 1. The lowest BCUT2D eigenvalue weighted by molar-refractivity contribution is 0.102. The topological polar surface area (TPSA) is 72.7 Å². The van der Waals surface area contributed by atoms with Crippen LogP contribution < -0.4 is 5.32 Å². The second-order valence-electron chi connectivity index (χ2n) is 5.73. The molecule has 0 aliphatic carbocycles. The van der Waals surface area contributed by atoms with Gasteiger partial charge in [-0.15, -0.1) is 11.3 Å². The Morgan fingerprint density at radius 1 is 1.15 bits per heavy atom. The van der Waals surface area contributed by atoms with E-state index in [4.69, 9.17) is 0 Å². The molecule has 6 nitrogen and oxygen atoms in total. The lowest BCUT2D eigenvalue weighted by atomic mass is 10.1. The summed E-state index contributed by atoms with van der Waals surface area (Å²) < 4.78 is 1.77. The third-order valence-corrected chi connectivity index (χ3v) is 4.61. The lowest BCUT2D eigenvalue weighted by Crippen LogP contribution is -2.12. The molecule has 0 aliphatic heterocycles. The van der Waals surface area contributed by atoms with Gasteiger partial charge in [0, 0.05) is 29.5 Å². The number of imidazole rings is 1. The number of pyridine rings is 1. The van der Waals surface area contributed by atoms with Crippen molar-refractivity contribution in [2.45, 2.75) is 6.92 Å². The van der Waals surface area contributed by atoms with Crippen molar-refractivity contribution in [3.05, 3.63) is 77.8 Å². The van der Waals surface area contributed by atoms with Crippen LogP contribution in [0.3, 0.4) is 0 Å². The van der Waals surface area contributed by atoms with Crippen LogP contribution in [-0.4, -0.2) is 25.4 Å². The third-order valence-electron chi connectivity index (χ3n) is 3.85. The minimum Gasteiger partial charge on any atom is -0.298 e. The molecule has 0 aliphatic rings. The molecule has 3 heterocycles. The van der Waals surface area contributed by atoms with Gasteiger partial charge in [0.25, 0.3) is 5.91 Å². The number of aromatic nitrogens is 4. The van der Waals surface area contributed by atoms with Gasteiger partial charge in [-0.25, -0.2) is 15.0 Å². The fraction of sp³-hybridized carbons (Fsp3) is 0.0526. The van der Waals surface area contributed by atoms with Crippen molar-refractivity contribution in [1.82, 2.24) is 19.5 Å². The molecule has 26 heavy (non-hydrogen) atoms. The molecule has 0 saturated carbocycles. The Balaban J connectivity index is 1.47. The van der Waals surface area contributed by atoms with Crippen LogP contribution in [0.15, 0.2) is 66.7 Å². The molecular weight excluding hydrogens is 346 g/mol. The van der Waals surface area contributed by atoms with Crippen molar-refractivity contribution in [2.24, 2.45) is 0 Å². The van der Waals surface area contributed by atoms with Crippen LogP contribution >= 0.6 is 11.3 Å². The quantitative estimate of drug-likeness (QED) is 0.597. The molecular formula is C19H15N5OS. The Morgan fingerprint density at radius 3 is 2.69 bits per heavy atom. The number of anilines is 1. The van der Waals surface area contributed by atoms with Gasteiger partial charge in [-0.2, -0.15) is 0 Å². The highest BCUT2D eigenvalue weighted by Crippen LogP contribution is 2.25. The average Bonchev–Trinajstić information content (AvgIpc) is 3.35. The van der Waals surface area contributed by atoms with Crippen molar-refractivity contribution >= 4 is 22.4 Å². The van der Waals surface area contributed by atoms with Gasteiger partial charge >= 0.3 is 0 Å². The van der Waals surface area contributed by atoms with Gasteiger partial charge in [-0.3, -0.25) is 14.7 Å². The average molecular weight is 361 g/mol. The van der Waals surface area contributed by atoms with Crippen molar-refractivity contribution in [2.75, 3.05) is 5.32 Å². The summed E-state index contributed by atoms with van der Waals surface area (Å²) in [5, 5.41) is 5.31. The Kier molecular flexibility index (Phi) is 4.28. The molecule has 0 atom stereocenters. The fourth-order valence-corrected chi connectivity index (χ4v) is 3.14. The number of thiazole rings is 1. The van der Waals surface area contributed by atoms with Crippen molar-refractivity contribution in [1.29, 1.82) is 0 Å². The summed E-state index contributed by atoms with van der Waals surface area (Å²) in [4.78, 5) is 25.2. The first-order valence-electron chi connectivity index (χ1n) is 7.97. The number of hydrogen-bond donors (Lipinski definition) is 1. The Hall–Kier alpha value is -3.32. The summed E-state index contributed by atoms with van der Waals surface area (Å²) in [5.41, 5.74) is 3.54. The molecule has 0 radical (unpaired) electrons. The van der Waals surface area contributed by atoms with Crippen molar-refractivity contribution in [3.63, 3.8) is 0 Å². The summed E-state index contributed by atoms with van der Waals surface area (Å²) in [6, 6.07) is 11.6. The number of amides is 1. The first kappa shape index (κ1) is 16.2. The van der Waals surface area contributed by atoms with Crippen molar-refractivity contribution in [3.8, 4) is 17.1 Å². The Morgan fingerprint density at radius 2 is 2.00 bits per heavy atom. The molecule has 1 aromatic carbocycles. The largest absolute Gasteiger partial charge is 0.298 e. The molecule has 0 unspecified atom stereocenters. The fourth-order valence-electron chi connectivity index (χ4n) is 2.43. The SMILES string of the molecule is Cc1ccc(-c2csc(NC(=O)c3ccc(-n4ccnc4)nc3)n2)cc1. The van der Waals surface area contributed by atoms with Crippen LogP contribution in [0.1, 0.15) is 15.9 Å². The van der Waals surface area contributed by atoms with E-state index in [1.54, 1.807) is 41.6 Å². The second-order valence-corrected chi connectivity index (χ2v) is 6.59. The van der Waals surface area contributed by atoms with E-state index in [1.807, 2.05) is 36.6 Å². The van der Waals surface area contributed by atoms with Crippen molar-refractivity contribution < 1.29 is 4.79 Å². The molecule has 0 bridgehead atoms. The smallest absolute Gasteiger partial charge is 0.259 e. The predicted octanol–water partition coefficient (Wildman–Crippen LogP) is 3.95. The van der Waals surface area contributed by atoms with Gasteiger partial charge in [0.1, 0.15) is 12.1 Å². The minimum absolute atomic E-state index is 0.237. The van der Waals surface area contributed by atoms with Gasteiger partial charge in [-0.05, 0) is 19.1 Å². The van der Waals surface area contributed by atoms with E-state index in [9.17, 15) is 4.79 Å². The molecule has 0 spiro atoms. The first-order valence-corrected chi connectivity index (χ1v) is 8.85. The maximum Gasteiger partial charge on any atom is 0.259 e. The van der Waals surface area contributed by atoms with Crippen LogP contribution in [0, 0.1) is 6.92 Å². The van der Waals surface area contributed by atoms with Crippen LogP contribution in [0.25, 0.3) is 17.1 Å². The monoisotopic (exact) mass is 361 g/mol. The lowest BCUT2D eigenvalue weighted by Gasteiger charge is -2.04. The zero-order chi connectivity index (χ0) is 17.9. The highest BCUT2D eigenvalue weighted by atomic mass is 32.1. The van der Waals surface area contributed by atoms with Crippen LogP contribution in [0.2, 0.25) is 0 Å². The molecule has 1 amide bonds. The van der Waals surface area contributed by atoms with Gasteiger partial charge in [0.15, 0.2) is 5.13 Å². The summed E-state index contributed by atoms with van der Waals surface area (Å²) in [5.74, 6) is 0.467. The number of carbonyl (C=O) groups excluding carboxylic acids is 1. The molecule has 0 fully saturated rings. The van der Waals surface area contributed by atoms with Gasteiger partial charge in [0.05, 0.1) is 11.3 Å². The molecule has 128 valence electrons. The molecule has 4 rings (SSSR count). The zero-order valence-electron chi connectivity index (χ0n) is 14.0. The molecule has 4 aromatic rings. The standard InChI is InChI=1S/C19H15N5OS/c1-13-2-4-14(5-3-13)16-11-26-19(22-16)23-18(25)15-6-7-17(21-10-15)24-9-8-20-12-24/h2-12H,1H3,(H,22,23,25). The summed E-state index contributed by atoms with van der Waals surface area (Å²) in [6.07, 6.45) is 6.67. The van der Waals surface area contributed by atoms with E-state index in [1.165, 1.54) is 16.9 Å². The summed E-state index contributed by atoms with van der Waals surface area (Å²) in [7, 11) is 0. The minimum atomic E-state index is -0.237. The van der Waals surface area contributed by atoms with Gasteiger partial charge < -0.3 is 0 Å². The first-order chi connectivity index (χ1) is 12.7. The van der Waals surface area contributed by atoms with Crippen LogP contribution in [0.5, 0.6) is 0 Å². The Labute approximate surface area is 154 Å².